The van der Waals surface area contributed by atoms with Crippen LogP contribution in [0.4, 0.5) is 0 Å². The van der Waals surface area contributed by atoms with E-state index in [1.165, 1.54) is 0 Å². The van der Waals surface area contributed by atoms with Crippen LogP contribution in [0.1, 0.15) is 25.5 Å². The molecule has 0 saturated heterocycles. The number of hydrogen-bond acceptors (Lipinski definition) is 4. The van der Waals surface area contributed by atoms with Crippen LogP contribution in [-0.2, 0) is 9.53 Å². The van der Waals surface area contributed by atoms with Gasteiger partial charge in [-0.3, -0.25) is 10.1 Å². The number of para-hydroxylation sites is 1. The van der Waals surface area contributed by atoms with Gasteiger partial charge in [-0.2, -0.15) is 0 Å². The number of carbonyl (C=O) groups is 1. The number of esters is 1. The third-order valence-corrected chi connectivity index (χ3v) is 2.56. The molecule has 17 heavy (non-hydrogen) atoms. The maximum atomic E-state index is 11.4. The summed E-state index contributed by atoms with van der Waals surface area (Å²) < 4.78 is 10.6. The molecule has 1 N–H and O–H groups in total. The molecule has 0 saturated carbocycles. The van der Waals surface area contributed by atoms with Crippen LogP contribution in [0.2, 0.25) is 0 Å². The zero-order chi connectivity index (χ0) is 12.3. The number of hydrogen-bond donors (Lipinski definition) is 1. The van der Waals surface area contributed by atoms with Gasteiger partial charge in [0.05, 0.1) is 18.7 Å². The lowest BCUT2D eigenvalue weighted by atomic mass is 10.1. The summed E-state index contributed by atoms with van der Waals surface area (Å²) in [5.74, 6) is 0.659. The summed E-state index contributed by atoms with van der Waals surface area (Å²) in [6.45, 7) is 4.45. The molecule has 1 aromatic carbocycles. The number of nitrogens with one attached hydrogen (secondary N) is 1. The minimum absolute atomic E-state index is 0.0728. The van der Waals surface area contributed by atoms with Crippen LogP contribution >= 0.6 is 0 Å². The second-order valence-corrected chi connectivity index (χ2v) is 4.32. The topological polar surface area (TPSA) is 47.6 Å². The largest absolute Gasteiger partial charge is 0.491 e. The van der Waals surface area contributed by atoms with Crippen molar-refractivity contribution in [1.82, 2.24) is 5.32 Å². The Morgan fingerprint density at radius 3 is 3.06 bits per heavy atom. The Morgan fingerprint density at radius 1 is 1.53 bits per heavy atom. The van der Waals surface area contributed by atoms with E-state index in [0.29, 0.717) is 6.61 Å². The van der Waals surface area contributed by atoms with Gasteiger partial charge in [-0.15, -0.1) is 0 Å². The quantitative estimate of drug-likeness (QED) is 0.806. The van der Waals surface area contributed by atoms with Crippen molar-refractivity contribution in [2.75, 3.05) is 13.2 Å². The molecule has 1 unspecified atom stereocenters. The van der Waals surface area contributed by atoms with Crippen molar-refractivity contribution in [3.05, 3.63) is 29.8 Å². The Hall–Kier alpha value is -1.55. The smallest absolute Gasteiger partial charge is 0.320 e. The number of rotatable bonds is 4. The van der Waals surface area contributed by atoms with Crippen molar-refractivity contribution in [1.29, 1.82) is 0 Å². The van der Waals surface area contributed by atoms with Gasteiger partial charge in [-0.25, -0.2) is 0 Å². The second kappa shape index (κ2) is 5.19. The molecule has 0 aromatic heterocycles. The van der Waals surface area contributed by atoms with Gasteiger partial charge < -0.3 is 9.47 Å². The molecule has 2 rings (SSSR count). The molecule has 4 heteroatoms. The summed E-state index contributed by atoms with van der Waals surface area (Å²) in [6.07, 6.45) is -0.0728. The van der Waals surface area contributed by atoms with Crippen molar-refractivity contribution in [3.8, 4) is 5.75 Å². The third kappa shape index (κ3) is 2.97. The van der Waals surface area contributed by atoms with Gasteiger partial charge in [0.15, 0.2) is 0 Å². The highest BCUT2D eigenvalue weighted by Gasteiger charge is 2.23. The van der Waals surface area contributed by atoms with Crippen LogP contribution in [0.25, 0.3) is 0 Å². The predicted octanol–water partition coefficient (Wildman–Crippen LogP) is 1.66. The summed E-state index contributed by atoms with van der Waals surface area (Å²) in [5.41, 5.74) is 1.10. The van der Waals surface area contributed by atoms with Gasteiger partial charge in [0.25, 0.3) is 0 Å². The Morgan fingerprint density at radius 2 is 2.29 bits per heavy atom. The summed E-state index contributed by atoms with van der Waals surface area (Å²) >= 11 is 0. The Kier molecular flexibility index (Phi) is 3.64. The summed E-state index contributed by atoms with van der Waals surface area (Å²) in [6, 6.07) is 7.92. The second-order valence-electron chi connectivity index (χ2n) is 4.32. The Balaban J connectivity index is 1.88. The maximum absolute atomic E-state index is 11.4. The first-order valence-corrected chi connectivity index (χ1v) is 5.81. The van der Waals surface area contributed by atoms with Gasteiger partial charge in [0.2, 0.25) is 0 Å². The van der Waals surface area contributed by atoms with Crippen molar-refractivity contribution < 1.29 is 14.3 Å². The van der Waals surface area contributed by atoms with E-state index in [1.54, 1.807) is 0 Å². The lowest BCUT2D eigenvalue weighted by Crippen LogP contribution is -2.30. The highest BCUT2D eigenvalue weighted by atomic mass is 16.5. The lowest BCUT2D eigenvalue weighted by Gasteiger charge is -2.12. The fourth-order valence-corrected chi connectivity index (χ4v) is 1.84. The lowest BCUT2D eigenvalue weighted by molar-refractivity contribution is -0.146. The molecular formula is C13H17NO3. The number of benzene rings is 1. The molecule has 1 heterocycles. The van der Waals surface area contributed by atoms with E-state index >= 15 is 0 Å². The number of carbonyl (C=O) groups excluding carboxylic acids is 1. The van der Waals surface area contributed by atoms with E-state index in [-0.39, 0.29) is 24.7 Å². The summed E-state index contributed by atoms with van der Waals surface area (Å²) in [7, 11) is 0. The SMILES string of the molecule is CC(C)OC(=O)CNC1COc2ccccc21. The van der Waals surface area contributed by atoms with E-state index in [4.69, 9.17) is 9.47 Å². The average Bonchev–Trinajstić information content (AvgIpc) is 2.69. The zero-order valence-corrected chi connectivity index (χ0v) is 10.1. The minimum atomic E-state index is -0.232. The van der Waals surface area contributed by atoms with Gasteiger partial charge in [0.1, 0.15) is 12.4 Å². The first-order chi connectivity index (χ1) is 8.16. The molecule has 1 atom stereocenters. The average molecular weight is 235 g/mol. The fourth-order valence-electron chi connectivity index (χ4n) is 1.84. The van der Waals surface area contributed by atoms with Crippen LogP contribution in [0.15, 0.2) is 24.3 Å². The van der Waals surface area contributed by atoms with Crippen molar-refractivity contribution in [3.63, 3.8) is 0 Å². The van der Waals surface area contributed by atoms with E-state index < -0.39 is 0 Å². The highest BCUT2D eigenvalue weighted by molar-refractivity contribution is 5.71. The number of ether oxygens (including phenoxy) is 2. The third-order valence-electron chi connectivity index (χ3n) is 2.56. The van der Waals surface area contributed by atoms with Crippen molar-refractivity contribution in [2.24, 2.45) is 0 Å². The first-order valence-electron chi connectivity index (χ1n) is 5.81. The van der Waals surface area contributed by atoms with Crippen molar-refractivity contribution in [2.45, 2.75) is 26.0 Å². The van der Waals surface area contributed by atoms with Gasteiger partial charge in [-0.05, 0) is 19.9 Å². The Labute approximate surface area is 101 Å². The monoisotopic (exact) mass is 235 g/mol. The fraction of sp³-hybridized carbons (Fsp3) is 0.462. The van der Waals surface area contributed by atoms with Crippen LogP contribution in [0.3, 0.4) is 0 Å². The summed E-state index contributed by atoms with van der Waals surface area (Å²) in [4.78, 5) is 11.4. The van der Waals surface area contributed by atoms with Crippen LogP contribution in [0, 0.1) is 0 Å². The predicted molar refractivity (Wildman–Crippen MR) is 63.9 cm³/mol. The van der Waals surface area contributed by atoms with Gasteiger partial charge >= 0.3 is 5.97 Å². The van der Waals surface area contributed by atoms with Crippen LogP contribution < -0.4 is 10.1 Å². The molecule has 0 spiro atoms. The number of fused-ring (bicyclic) bond motifs is 1. The maximum Gasteiger partial charge on any atom is 0.320 e. The zero-order valence-electron chi connectivity index (χ0n) is 10.1. The van der Waals surface area contributed by atoms with Crippen molar-refractivity contribution >= 4 is 5.97 Å². The van der Waals surface area contributed by atoms with E-state index in [9.17, 15) is 4.79 Å². The molecule has 1 aliphatic heterocycles. The summed E-state index contributed by atoms with van der Waals surface area (Å²) in [5, 5.41) is 3.14. The molecule has 4 nitrogen and oxygen atoms in total. The van der Waals surface area contributed by atoms with Crippen LogP contribution in [-0.4, -0.2) is 25.2 Å². The van der Waals surface area contributed by atoms with E-state index in [2.05, 4.69) is 5.32 Å². The van der Waals surface area contributed by atoms with Gasteiger partial charge in [-0.1, -0.05) is 18.2 Å². The van der Waals surface area contributed by atoms with Gasteiger partial charge in [0, 0.05) is 5.56 Å². The first kappa shape index (κ1) is 11.9. The standard InChI is InChI=1S/C13H17NO3/c1-9(2)17-13(15)7-14-11-8-16-12-6-4-3-5-10(11)12/h3-6,9,11,14H,7-8H2,1-2H3. The van der Waals surface area contributed by atoms with E-state index in [1.807, 2.05) is 38.1 Å². The normalized spacial score (nSPS) is 17.7. The molecule has 0 radical (unpaired) electrons. The molecule has 0 fully saturated rings. The van der Waals surface area contributed by atoms with E-state index in [0.717, 1.165) is 11.3 Å². The molecule has 0 aliphatic carbocycles. The molecule has 0 bridgehead atoms. The van der Waals surface area contributed by atoms with Crippen LogP contribution in [0.5, 0.6) is 5.75 Å². The molecule has 1 aromatic rings. The highest BCUT2D eigenvalue weighted by Crippen LogP contribution is 2.31. The Bertz CT molecular complexity index is 403. The molecule has 92 valence electrons. The molecule has 1 aliphatic rings. The minimum Gasteiger partial charge on any atom is -0.491 e. The molecule has 0 amide bonds. The molecular weight excluding hydrogens is 218 g/mol.